The number of rotatable bonds is 0. The van der Waals surface area contributed by atoms with Gasteiger partial charge in [-0.1, -0.05) is 0 Å². The fourth-order valence-electron chi connectivity index (χ4n) is 0. The van der Waals surface area contributed by atoms with Gasteiger partial charge in [0.1, 0.15) is 0 Å². The van der Waals surface area contributed by atoms with E-state index in [2.05, 4.69) is 28.2 Å². The third-order valence-electron chi connectivity index (χ3n) is 0.365. The predicted octanol–water partition coefficient (Wildman–Crippen LogP) is 0.00140. The fourth-order valence-corrected chi connectivity index (χ4v) is 0. The van der Waals surface area contributed by atoms with E-state index < -0.39 is 0 Å². The van der Waals surface area contributed by atoms with E-state index in [0.29, 0.717) is 0 Å². The Balaban J connectivity index is 3.26. The molecule has 0 rings (SSSR count). The molecule has 6 heavy (non-hydrogen) atoms. The van der Waals surface area contributed by atoms with E-state index in [0.717, 1.165) is 3.89 Å². The summed E-state index contributed by atoms with van der Waals surface area (Å²) >= 11 is 7.39. The molecule has 0 unspecified atom stereocenters. The number of nitrogens with zero attached hydrogens (tertiary/aromatic N) is 1. The summed E-state index contributed by atoms with van der Waals surface area (Å²) in [4.78, 5) is 1.84. The summed E-state index contributed by atoms with van der Waals surface area (Å²) in [6, 6.07) is 0. The van der Waals surface area contributed by atoms with Crippen molar-refractivity contribution in [3.63, 3.8) is 0 Å². The van der Waals surface area contributed by atoms with Crippen LogP contribution in [0.25, 0.3) is 0 Å². The van der Waals surface area contributed by atoms with E-state index in [1.807, 2.05) is 19.0 Å². The van der Waals surface area contributed by atoms with E-state index >= 15 is 0 Å². The molecule has 0 aromatic carbocycles. The van der Waals surface area contributed by atoms with Gasteiger partial charge in [-0.15, -0.1) is 0 Å². The Morgan fingerprint density at radius 1 is 1.67 bits per heavy atom. The van der Waals surface area contributed by atoms with E-state index in [4.69, 9.17) is 0 Å². The molecule has 0 atom stereocenters. The van der Waals surface area contributed by atoms with Crippen LogP contribution in [0, 0.1) is 0 Å². The van der Waals surface area contributed by atoms with Gasteiger partial charge in [-0.2, -0.15) is 0 Å². The molecule has 0 aliphatic heterocycles. The van der Waals surface area contributed by atoms with Crippen LogP contribution in [0.3, 0.4) is 0 Å². The van der Waals surface area contributed by atoms with Gasteiger partial charge in [0.25, 0.3) is 0 Å². The first-order valence-corrected chi connectivity index (χ1v) is 2.79. The van der Waals surface area contributed by atoms with Crippen LogP contribution in [0.5, 0.6) is 0 Å². The number of thiocarbonyl (C=S) groups is 1. The van der Waals surface area contributed by atoms with Gasteiger partial charge in [0, 0.05) is 0 Å². The van der Waals surface area contributed by atoms with Crippen molar-refractivity contribution in [2.24, 2.45) is 0 Å². The average molecular weight is 167 g/mol. The van der Waals surface area contributed by atoms with Crippen LogP contribution in [-0.2, 0) is 0 Å². The Hall–Kier alpha value is 0.409. The summed E-state index contributed by atoms with van der Waals surface area (Å²) in [5.74, 6) is 0. The van der Waals surface area contributed by atoms with E-state index in [1.165, 1.54) is 0 Å². The van der Waals surface area contributed by atoms with E-state index in [1.54, 1.807) is 0 Å². The molecule has 0 bridgehead atoms. The maximum atomic E-state index is 4.69. The molecule has 0 saturated carbocycles. The SMILES string of the molecule is CN(C)C(=S)[Se]. The average Bonchev–Trinajstić information content (AvgIpc) is 1.36. The molecule has 35 valence electrons. The summed E-state index contributed by atoms with van der Waals surface area (Å²) < 4.78 is 0.801. The molecule has 0 aliphatic rings. The normalized spacial score (nSPS) is 7.67. The number of hydrogen-bond acceptors (Lipinski definition) is 1. The number of hydrogen-bond donors (Lipinski definition) is 0. The van der Waals surface area contributed by atoms with Gasteiger partial charge in [-0.3, -0.25) is 0 Å². The zero-order chi connectivity index (χ0) is 5.15. The summed E-state index contributed by atoms with van der Waals surface area (Å²) in [6.07, 6.45) is 0. The van der Waals surface area contributed by atoms with Crippen molar-refractivity contribution in [2.45, 2.75) is 0 Å². The standard InChI is InChI=1S/C3H6NSSe/c1-4(2)3(5)6/h1-2H3. The molecule has 1 nitrogen and oxygen atoms in total. The van der Waals surface area contributed by atoms with Crippen molar-refractivity contribution in [1.29, 1.82) is 0 Å². The summed E-state index contributed by atoms with van der Waals surface area (Å²) in [7, 11) is 3.80. The van der Waals surface area contributed by atoms with Crippen LogP contribution >= 0.6 is 12.2 Å². The molecule has 3 heteroatoms. The fraction of sp³-hybridized carbons (Fsp3) is 0.667. The van der Waals surface area contributed by atoms with Crippen molar-refractivity contribution in [3.05, 3.63) is 0 Å². The van der Waals surface area contributed by atoms with Gasteiger partial charge in [-0.25, -0.2) is 0 Å². The minimum absolute atomic E-state index is 0.801. The first-order chi connectivity index (χ1) is 2.64. The zero-order valence-electron chi connectivity index (χ0n) is 3.76. The van der Waals surface area contributed by atoms with Gasteiger partial charge >= 0.3 is 51.1 Å². The van der Waals surface area contributed by atoms with Crippen LogP contribution < -0.4 is 0 Å². The van der Waals surface area contributed by atoms with Gasteiger partial charge in [0.2, 0.25) is 0 Å². The Bertz CT molecular complexity index is 61.8. The third-order valence-corrected chi connectivity index (χ3v) is 1.50. The van der Waals surface area contributed by atoms with E-state index in [-0.39, 0.29) is 0 Å². The Morgan fingerprint density at radius 2 is 1.83 bits per heavy atom. The quantitative estimate of drug-likeness (QED) is 0.369. The predicted molar refractivity (Wildman–Crippen MR) is 32.0 cm³/mol. The summed E-state index contributed by atoms with van der Waals surface area (Å²) in [6.45, 7) is 0. The molecule has 0 fully saturated rings. The van der Waals surface area contributed by atoms with Crippen molar-refractivity contribution < 1.29 is 0 Å². The topological polar surface area (TPSA) is 3.24 Å². The minimum atomic E-state index is 0.801. The van der Waals surface area contributed by atoms with Crippen molar-refractivity contribution in [2.75, 3.05) is 14.1 Å². The van der Waals surface area contributed by atoms with Crippen LogP contribution in [0.2, 0.25) is 0 Å². The van der Waals surface area contributed by atoms with Crippen molar-refractivity contribution in [1.82, 2.24) is 4.90 Å². The second-order valence-electron chi connectivity index (χ2n) is 1.16. The van der Waals surface area contributed by atoms with Gasteiger partial charge < -0.3 is 0 Å². The molecule has 0 heterocycles. The third kappa shape index (κ3) is 2.64. The van der Waals surface area contributed by atoms with E-state index in [9.17, 15) is 0 Å². The van der Waals surface area contributed by atoms with Gasteiger partial charge in [0.15, 0.2) is 0 Å². The maximum absolute atomic E-state index is 4.69. The Morgan fingerprint density at radius 3 is 1.83 bits per heavy atom. The second kappa shape index (κ2) is 2.56. The second-order valence-corrected chi connectivity index (χ2v) is 2.94. The summed E-state index contributed by atoms with van der Waals surface area (Å²) in [5, 5.41) is 0. The van der Waals surface area contributed by atoms with Crippen molar-refractivity contribution >= 4 is 32.1 Å². The van der Waals surface area contributed by atoms with Crippen LogP contribution in [0.1, 0.15) is 0 Å². The first kappa shape index (κ1) is 6.41. The van der Waals surface area contributed by atoms with Crippen LogP contribution in [-0.4, -0.2) is 38.9 Å². The Kier molecular flexibility index (Phi) is 2.73. The first-order valence-electron chi connectivity index (χ1n) is 1.53. The molecule has 0 amide bonds. The monoisotopic (exact) mass is 168 g/mol. The van der Waals surface area contributed by atoms with Gasteiger partial charge in [-0.05, 0) is 0 Å². The Labute approximate surface area is 51.5 Å². The molecular weight excluding hydrogens is 161 g/mol. The summed E-state index contributed by atoms with van der Waals surface area (Å²) in [5.41, 5.74) is 0. The molecule has 0 aliphatic carbocycles. The van der Waals surface area contributed by atoms with Gasteiger partial charge in [0.05, 0.1) is 0 Å². The van der Waals surface area contributed by atoms with Crippen LogP contribution in [0.4, 0.5) is 0 Å². The molecule has 0 aromatic heterocycles. The molecule has 0 saturated heterocycles. The molecule has 0 N–H and O–H groups in total. The molecule has 0 spiro atoms. The molecule has 1 radical (unpaired) electrons. The van der Waals surface area contributed by atoms with Crippen molar-refractivity contribution in [3.8, 4) is 0 Å². The zero-order valence-corrected chi connectivity index (χ0v) is 6.29. The molecule has 0 aromatic rings. The van der Waals surface area contributed by atoms with Crippen LogP contribution in [0.15, 0.2) is 0 Å². The molecular formula is C3H6NSSe.